The summed E-state index contributed by atoms with van der Waals surface area (Å²) in [6, 6.07) is 2.65. The Hall–Kier alpha value is -1.75. The van der Waals surface area contributed by atoms with E-state index in [1.165, 1.54) is 30.5 Å². The third-order valence-electron chi connectivity index (χ3n) is 4.45. The summed E-state index contributed by atoms with van der Waals surface area (Å²) in [5, 5.41) is 5.97. The Balaban J connectivity index is 1.79. The van der Waals surface area contributed by atoms with Gasteiger partial charge in [-0.05, 0) is 52.0 Å². The van der Waals surface area contributed by atoms with Gasteiger partial charge in [0, 0.05) is 24.2 Å². The van der Waals surface area contributed by atoms with E-state index in [4.69, 9.17) is 0 Å². The average Bonchev–Trinajstić information content (AvgIpc) is 2.55. The minimum Gasteiger partial charge on any atom is -0.354 e. The molecule has 0 spiro atoms. The van der Waals surface area contributed by atoms with Crippen LogP contribution in [0.15, 0.2) is 29.8 Å². The minimum absolute atomic E-state index is 0.110. The first-order valence-corrected chi connectivity index (χ1v) is 8.64. The first-order chi connectivity index (χ1) is 11.5. The van der Waals surface area contributed by atoms with E-state index < -0.39 is 17.7 Å². The lowest BCUT2D eigenvalue weighted by Crippen LogP contribution is -2.43. The van der Waals surface area contributed by atoms with E-state index in [0.29, 0.717) is 12.1 Å². The molecule has 0 fully saturated rings. The van der Waals surface area contributed by atoms with Gasteiger partial charge in [0.05, 0.1) is 6.04 Å². The number of benzene rings is 1. The number of carbonyl (C=O) groups excluding carboxylic acids is 1. The summed E-state index contributed by atoms with van der Waals surface area (Å²) in [4.78, 5) is 12.1. The predicted molar refractivity (Wildman–Crippen MR) is 91.5 cm³/mol. The quantitative estimate of drug-likeness (QED) is 0.739. The molecule has 1 aliphatic carbocycles. The Morgan fingerprint density at radius 3 is 2.71 bits per heavy atom. The Morgan fingerprint density at radius 2 is 2.04 bits per heavy atom. The fraction of sp³-hybridized carbons (Fsp3) is 0.526. The van der Waals surface area contributed by atoms with E-state index in [-0.39, 0.29) is 11.9 Å². The Bertz CT molecular complexity index is 601. The molecule has 0 saturated carbocycles. The molecular formula is C19H26F2N2O. The number of nitrogens with one attached hydrogen (secondary N) is 2. The highest BCUT2D eigenvalue weighted by molar-refractivity contribution is 5.81. The molecule has 3 nitrogen and oxygen atoms in total. The van der Waals surface area contributed by atoms with Gasteiger partial charge in [0.2, 0.25) is 5.91 Å². The van der Waals surface area contributed by atoms with Crippen LogP contribution in [0.25, 0.3) is 0 Å². The van der Waals surface area contributed by atoms with E-state index in [9.17, 15) is 13.6 Å². The number of halogens is 2. The third-order valence-corrected chi connectivity index (χ3v) is 4.45. The van der Waals surface area contributed by atoms with Crippen molar-refractivity contribution in [2.75, 3.05) is 6.54 Å². The predicted octanol–water partition coefficient (Wildman–Crippen LogP) is 4.01. The Labute approximate surface area is 142 Å². The van der Waals surface area contributed by atoms with Gasteiger partial charge in [-0.3, -0.25) is 10.1 Å². The molecule has 2 unspecified atom stereocenters. The van der Waals surface area contributed by atoms with E-state index >= 15 is 0 Å². The summed E-state index contributed by atoms with van der Waals surface area (Å²) in [5.41, 5.74) is 1.77. The zero-order valence-corrected chi connectivity index (χ0v) is 14.4. The van der Waals surface area contributed by atoms with Gasteiger partial charge in [0.15, 0.2) is 0 Å². The summed E-state index contributed by atoms with van der Waals surface area (Å²) in [7, 11) is 0. The standard InChI is InChI=1S/C19H26F2N2O/c1-13(17-9-8-16(20)12-18(17)21)23-14(2)19(24)22-11-10-15-6-4-3-5-7-15/h6,8-9,12-14,23H,3-5,7,10-11H2,1-2H3,(H,22,24). The monoisotopic (exact) mass is 336 g/mol. The maximum atomic E-state index is 13.8. The van der Waals surface area contributed by atoms with Crippen molar-refractivity contribution >= 4 is 5.91 Å². The molecule has 2 atom stereocenters. The van der Waals surface area contributed by atoms with Gasteiger partial charge >= 0.3 is 0 Å². The lowest BCUT2D eigenvalue weighted by atomic mass is 9.97. The molecule has 24 heavy (non-hydrogen) atoms. The topological polar surface area (TPSA) is 41.1 Å². The van der Waals surface area contributed by atoms with Crippen molar-refractivity contribution in [1.29, 1.82) is 0 Å². The van der Waals surface area contributed by atoms with Crippen molar-refractivity contribution in [3.63, 3.8) is 0 Å². The Kier molecular flexibility index (Phi) is 6.91. The lowest BCUT2D eigenvalue weighted by molar-refractivity contribution is -0.122. The van der Waals surface area contributed by atoms with Crippen LogP contribution in [-0.2, 0) is 4.79 Å². The fourth-order valence-corrected chi connectivity index (χ4v) is 3.02. The summed E-state index contributed by atoms with van der Waals surface area (Å²) < 4.78 is 26.7. The second kappa shape index (κ2) is 8.92. The molecule has 1 aliphatic rings. The third kappa shape index (κ3) is 5.41. The fourth-order valence-electron chi connectivity index (χ4n) is 3.02. The van der Waals surface area contributed by atoms with E-state index in [1.807, 2.05) is 0 Å². The van der Waals surface area contributed by atoms with Crippen LogP contribution >= 0.6 is 0 Å². The zero-order valence-electron chi connectivity index (χ0n) is 14.4. The normalized spacial score (nSPS) is 17.1. The van der Waals surface area contributed by atoms with Gasteiger partial charge in [-0.2, -0.15) is 0 Å². The SMILES string of the molecule is CC(NC(C)c1ccc(F)cc1F)C(=O)NCCC1=CCCCC1. The largest absolute Gasteiger partial charge is 0.354 e. The van der Waals surface area contributed by atoms with Crippen LogP contribution in [0, 0.1) is 11.6 Å². The van der Waals surface area contributed by atoms with Crippen molar-refractivity contribution in [3.05, 3.63) is 47.0 Å². The smallest absolute Gasteiger partial charge is 0.236 e. The van der Waals surface area contributed by atoms with Crippen LogP contribution in [0.2, 0.25) is 0 Å². The summed E-state index contributed by atoms with van der Waals surface area (Å²) in [6.45, 7) is 4.12. The maximum Gasteiger partial charge on any atom is 0.236 e. The van der Waals surface area contributed by atoms with Crippen molar-refractivity contribution in [3.8, 4) is 0 Å². The second-order valence-electron chi connectivity index (χ2n) is 6.43. The molecule has 0 aliphatic heterocycles. The summed E-state index contributed by atoms with van der Waals surface area (Å²) in [5.74, 6) is -1.32. The first-order valence-electron chi connectivity index (χ1n) is 8.64. The Morgan fingerprint density at radius 1 is 1.25 bits per heavy atom. The van der Waals surface area contributed by atoms with Crippen molar-refractivity contribution in [2.24, 2.45) is 0 Å². The molecule has 132 valence electrons. The molecule has 1 amide bonds. The van der Waals surface area contributed by atoms with Crippen LogP contribution in [0.5, 0.6) is 0 Å². The van der Waals surface area contributed by atoms with E-state index in [2.05, 4.69) is 16.7 Å². The van der Waals surface area contributed by atoms with Crippen LogP contribution in [-0.4, -0.2) is 18.5 Å². The lowest BCUT2D eigenvalue weighted by Gasteiger charge is -2.21. The molecule has 2 N–H and O–H groups in total. The molecule has 1 aromatic rings. The second-order valence-corrected chi connectivity index (χ2v) is 6.43. The number of allylic oxidation sites excluding steroid dienone is 1. The number of amides is 1. The maximum absolute atomic E-state index is 13.8. The molecule has 5 heteroatoms. The average molecular weight is 336 g/mol. The highest BCUT2D eigenvalue weighted by Gasteiger charge is 2.18. The highest BCUT2D eigenvalue weighted by Crippen LogP contribution is 2.20. The molecule has 0 heterocycles. The van der Waals surface area contributed by atoms with Gasteiger partial charge in [-0.15, -0.1) is 0 Å². The molecular weight excluding hydrogens is 310 g/mol. The number of hydrogen-bond acceptors (Lipinski definition) is 2. The van der Waals surface area contributed by atoms with Crippen LogP contribution in [0.1, 0.15) is 57.6 Å². The van der Waals surface area contributed by atoms with Crippen LogP contribution in [0.3, 0.4) is 0 Å². The molecule has 0 saturated heterocycles. The van der Waals surface area contributed by atoms with Crippen molar-refractivity contribution in [2.45, 2.75) is 58.0 Å². The molecule has 1 aromatic carbocycles. The van der Waals surface area contributed by atoms with Crippen LogP contribution < -0.4 is 10.6 Å². The number of rotatable bonds is 7. The first kappa shape index (κ1) is 18.6. The zero-order chi connectivity index (χ0) is 17.5. The van der Waals surface area contributed by atoms with Gasteiger partial charge < -0.3 is 5.32 Å². The minimum atomic E-state index is -0.605. The van der Waals surface area contributed by atoms with Crippen molar-refractivity contribution in [1.82, 2.24) is 10.6 Å². The van der Waals surface area contributed by atoms with Gasteiger partial charge in [-0.1, -0.05) is 17.7 Å². The molecule has 2 rings (SSSR count). The van der Waals surface area contributed by atoms with E-state index in [1.54, 1.807) is 13.8 Å². The van der Waals surface area contributed by atoms with Crippen molar-refractivity contribution < 1.29 is 13.6 Å². The van der Waals surface area contributed by atoms with Gasteiger partial charge in [-0.25, -0.2) is 8.78 Å². The summed E-state index contributed by atoms with van der Waals surface area (Å²) in [6.07, 6.45) is 7.93. The van der Waals surface area contributed by atoms with Crippen LogP contribution in [0.4, 0.5) is 8.78 Å². The summed E-state index contributed by atoms with van der Waals surface area (Å²) >= 11 is 0. The molecule has 0 radical (unpaired) electrons. The molecule has 0 bridgehead atoms. The highest BCUT2D eigenvalue weighted by atomic mass is 19.1. The van der Waals surface area contributed by atoms with Gasteiger partial charge in [0.1, 0.15) is 11.6 Å². The molecule has 0 aromatic heterocycles. The van der Waals surface area contributed by atoms with Gasteiger partial charge in [0.25, 0.3) is 0 Å². The number of hydrogen-bond donors (Lipinski definition) is 2. The number of carbonyl (C=O) groups is 1. The van der Waals surface area contributed by atoms with E-state index in [0.717, 1.165) is 25.3 Å².